The van der Waals surface area contributed by atoms with Crippen molar-refractivity contribution >= 4 is 15.9 Å². The van der Waals surface area contributed by atoms with Gasteiger partial charge in [0.1, 0.15) is 11.9 Å². The summed E-state index contributed by atoms with van der Waals surface area (Å²) in [5, 5.41) is 3.45. The molecule has 2 aromatic rings. The summed E-state index contributed by atoms with van der Waals surface area (Å²) in [5.74, 6) is 1.61. The third-order valence-corrected chi connectivity index (χ3v) is 5.95. The monoisotopic (exact) mass is 477 g/mol. The van der Waals surface area contributed by atoms with E-state index in [0.29, 0.717) is 13.1 Å². The molecule has 0 spiro atoms. The number of hydrogen-bond donors (Lipinski definition) is 1. The third kappa shape index (κ3) is 4.02. The van der Waals surface area contributed by atoms with E-state index in [1.54, 1.807) is 0 Å². The quantitative estimate of drug-likeness (QED) is 0.681. The first kappa shape index (κ1) is 20.1. The maximum absolute atomic E-state index is 6.34. The SMILES string of the molecule is CC1(C)O[C@H]2O[C@H](CNCc3ccc4c(c3)OCO4)[C@H](Oc3ccccc3Br)[C@H]2O1. The summed E-state index contributed by atoms with van der Waals surface area (Å²) < 4.78 is 36.2. The van der Waals surface area contributed by atoms with E-state index in [4.69, 9.17) is 28.4 Å². The Morgan fingerprint density at radius 2 is 1.93 bits per heavy atom. The molecule has 2 aromatic carbocycles. The van der Waals surface area contributed by atoms with Crippen LogP contribution in [0.5, 0.6) is 17.2 Å². The average molecular weight is 478 g/mol. The number of halogens is 1. The van der Waals surface area contributed by atoms with E-state index >= 15 is 0 Å². The molecule has 0 aromatic heterocycles. The smallest absolute Gasteiger partial charge is 0.231 e. The van der Waals surface area contributed by atoms with E-state index in [-0.39, 0.29) is 25.1 Å². The van der Waals surface area contributed by atoms with E-state index in [0.717, 1.165) is 27.3 Å². The summed E-state index contributed by atoms with van der Waals surface area (Å²) >= 11 is 3.55. The second-order valence-electron chi connectivity index (χ2n) is 7.97. The number of fused-ring (bicyclic) bond motifs is 2. The minimum absolute atomic E-state index is 0.225. The van der Waals surface area contributed by atoms with Crippen molar-refractivity contribution in [3.63, 3.8) is 0 Å². The normalized spacial score (nSPS) is 28.5. The van der Waals surface area contributed by atoms with Crippen LogP contribution in [0.3, 0.4) is 0 Å². The predicted octanol–water partition coefficient (Wildman–Crippen LogP) is 3.59. The molecular weight excluding hydrogens is 454 g/mol. The Balaban J connectivity index is 1.26. The van der Waals surface area contributed by atoms with E-state index in [1.807, 2.05) is 56.3 Å². The van der Waals surface area contributed by atoms with Crippen LogP contribution in [-0.2, 0) is 20.8 Å². The highest BCUT2D eigenvalue weighted by atomic mass is 79.9. The molecule has 0 saturated carbocycles. The number of para-hydroxylation sites is 1. The van der Waals surface area contributed by atoms with Gasteiger partial charge in [0.05, 0.1) is 4.47 Å². The van der Waals surface area contributed by atoms with Crippen LogP contribution < -0.4 is 19.5 Å². The summed E-state index contributed by atoms with van der Waals surface area (Å²) in [4.78, 5) is 0. The molecule has 4 atom stereocenters. The number of nitrogens with one attached hydrogen (secondary N) is 1. The minimum atomic E-state index is -0.699. The van der Waals surface area contributed by atoms with Gasteiger partial charge < -0.3 is 33.7 Å². The Kier molecular flexibility index (Phi) is 5.37. The fourth-order valence-corrected chi connectivity index (χ4v) is 4.33. The van der Waals surface area contributed by atoms with Crippen molar-refractivity contribution in [1.82, 2.24) is 5.32 Å². The maximum atomic E-state index is 6.34. The van der Waals surface area contributed by atoms with Crippen LogP contribution in [0, 0.1) is 0 Å². The molecule has 0 radical (unpaired) electrons. The Morgan fingerprint density at radius 3 is 2.80 bits per heavy atom. The lowest BCUT2D eigenvalue weighted by atomic mass is 10.1. The van der Waals surface area contributed by atoms with Crippen molar-refractivity contribution < 1.29 is 28.4 Å². The summed E-state index contributed by atoms with van der Waals surface area (Å²) in [5.41, 5.74) is 1.11. The number of rotatable bonds is 6. The number of benzene rings is 2. The lowest BCUT2D eigenvalue weighted by Gasteiger charge is -2.27. The van der Waals surface area contributed by atoms with Crippen LogP contribution in [0.25, 0.3) is 0 Å². The Morgan fingerprint density at radius 1 is 1.10 bits per heavy atom. The second-order valence-corrected chi connectivity index (χ2v) is 8.83. The zero-order valence-electron chi connectivity index (χ0n) is 16.8. The van der Waals surface area contributed by atoms with Crippen LogP contribution in [0.1, 0.15) is 19.4 Å². The van der Waals surface area contributed by atoms with Crippen LogP contribution in [0.2, 0.25) is 0 Å². The Bertz CT molecular complexity index is 922. The van der Waals surface area contributed by atoms with Gasteiger partial charge in [0.15, 0.2) is 35.8 Å². The molecule has 8 heteroatoms. The zero-order chi connectivity index (χ0) is 20.7. The first-order chi connectivity index (χ1) is 14.5. The Hall–Kier alpha value is -1.84. The van der Waals surface area contributed by atoms with E-state index in [1.165, 1.54) is 0 Å². The van der Waals surface area contributed by atoms with Gasteiger partial charge in [-0.3, -0.25) is 0 Å². The van der Waals surface area contributed by atoms with Gasteiger partial charge in [-0.25, -0.2) is 0 Å². The zero-order valence-corrected chi connectivity index (χ0v) is 18.4. The van der Waals surface area contributed by atoms with Gasteiger partial charge in [-0.15, -0.1) is 0 Å². The molecule has 0 amide bonds. The molecule has 3 aliphatic rings. The van der Waals surface area contributed by atoms with Gasteiger partial charge in [0.25, 0.3) is 0 Å². The first-order valence-electron chi connectivity index (χ1n) is 10.00. The van der Waals surface area contributed by atoms with Crippen molar-refractivity contribution in [3.05, 3.63) is 52.5 Å². The van der Waals surface area contributed by atoms with Gasteiger partial charge in [-0.05, 0) is 59.6 Å². The highest BCUT2D eigenvalue weighted by Crippen LogP contribution is 2.40. The number of hydrogen-bond acceptors (Lipinski definition) is 7. The van der Waals surface area contributed by atoms with Crippen LogP contribution in [0.15, 0.2) is 46.9 Å². The topological polar surface area (TPSA) is 67.4 Å². The van der Waals surface area contributed by atoms with Crippen LogP contribution >= 0.6 is 15.9 Å². The van der Waals surface area contributed by atoms with Gasteiger partial charge >= 0.3 is 0 Å². The molecule has 7 nitrogen and oxygen atoms in total. The van der Waals surface area contributed by atoms with Crippen LogP contribution in [0.4, 0.5) is 0 Å². The highest BCUT2D eigenvalue weighted by molar-refractivity contribution is 9.10. The molecule has 30 heavy (non-hydrogen) atoms. The third-order valence-electron chi connectivity index (χ3n) is 5.30. The van der Waals surface area contributed by atoms with Crippen molar-refractivity contribution in [3.8, 4) is 17.2 Å². The highest BCUT2D eigenvalue weighted by Gasteiger charge is 2.56. The number of ether oxygens (including phenoxy) is 6. The molecular formula is C22H24BrNO6. The fraction of sp³-hybridized carbons (Fsp3) is 0.455. The lowest BCUT2D eigenvalue weighted by molar-refractivity contribution is -0.212. The molecule has 5 rings (SSSR count). The lowest BCUT2D eigenvalue weighted by Crippen LogP contribution is -2.43. The molecule has 160 valence electrons. The van der Waals surface area contributed by atoms with Crippen molar-refractivity contribution in [2.75, 3.05) is 13.3 Å². The van der Waals surface area contributed by atoms with Crippen molar-refractivity contribution in [2.24, 2.45) is 0 Å². The molecule has 1 N–H and O–H groups in total. The predicted molar refractivity (Wildman–Crippen MR) is 112 cm³/mol. The van der Waals surface area contributed by atoms with E-state index in [2.05, 4.69) is 21.2 Å². The second kappa shape index (κ2) is 8.01. The summed E-state index contributed by atoms with van der Waals surface area (Å²) in [6.45, 7) is 5.30. The van der Waals surface area contributed by atoms with Gasteiger partial charge in [-0.2, -0.15) is 0 Å². The molecule has 0 aliphatic carbocycles. The van der Waals surface area contributed by atoms with Gasteiger partial charge in [0, 0.05) is 13.1 Å². The van der Waals surface area contributed by atoms with Gasteiger partial charge in [0.2, 0.25) is 6.79 Å². The van der Waals surface area contributed by atoms with E-state index < -0.39 is 12.1 Å². The van der Waals surface area contributed by atoms with Crippen molar-refractivity contribution in [1.29, 1.82) is 0 Å². The van der Waals surface area contributed by atoms with Crippen LogP contribution in [-0.4, -0.2) is 43.7 Å². The average Bonchev–Trinajstić information content (AvgIpc) is 3.37. The standard InChI is InChI=1S/C22H24BrNO6/c1-22(2)29-20-19(27-15-6-4-3-5-14(15)23)18(28-21(20)30-22)11-24-10-13-7-8-16-17(9-13)26-12-25-16/h3-9,18-21,24H,10-12H2,1-2H3/t18-,19+,20-,21-/m1/s1. The molecule has 2 fully saturated rings. The molecule has 0 bridgehead atoms. The Labute approximate surface area is 183 Å². The largest absolute Gasteiger partial charge is 0.484 e. The molecule has 3 aliphatic heterocycles. The summed E-state index contributed by atoms with van der Waals surface area (Å²) in [6, 6.07) is 13.7. The molecule has 0 unspecified atom stereocenters. The maximum Gasteiger partial charge on any atom is 0.231 e. The fourth-order valence-electron chi connectivity index (χ4n) is 3.95. The minimum Gasteiger partial charge on any atom is -0.484 e. The summed E-state index contributed by atoms with van der Waals surface area (Å²) in [7, 11) is 0. The summed E-state index contributed by atoms with van der Waals surface area (Å²) in [6.07, 6.45) is -1.29. The molecule has 2 saturated heterocycles. The van der Waals surface area contributed by atoms with E-state index in [9.17, 15) is 0 Å². The van der Waals surface area contributed by atoms with Gasteiger partial charge in [-0.1, -0.05) is 18.2 Å². The van der Waals surface area contributed by atoms with Crippen molar-refractivity contribution in [2.45, 2.75) is 50.8 Å². The first-order valence-corrected chi connectivity index (χ1v) is 10.8. The molecule has 3 heterocycles.